The van der Waals surface area contributed by atoms with Gasteiger partial charge in [0, 0.05) is 12.6 Å². The van der Waals surface area contributed by atoms with E-state index in [1.165, 1.54) is 0 Å². The van der Waals surface area contributed by atoms with E-state index in [-0.39, 0.29) is 0 Å². The van der Waals surface area contributed by atoms with Gasteiger partial charge in [-0.05, 0) is 17.9 Å². The zero-order chi connectivity index (χ0) is 13.3. The molecular weight excluding hydrogens is 230 g/mol. The second kappa shape index (κ2) is 4.76. The van der Waals surface area contributed by atoms with Gasteiger partial charge in [0.15, 0.2) is 5.58 Å². The fourth-order valence-electron chi connectivity index (χ4n) is 1.67. The Balaban J connectivity index is 2.22. The van der Waals surface area contributed by atoms with Gasteiger partial charge >= 0.3 is 5.76 Å². The number of hydrogen-bond donors (Lipinski definition) is 3. The van der Waals surface area contributed by atoms with Crippen LogP contribution in [0.4, 0.5) is 11.4 Å². The number of fused-ring (bicyclic) bond motifs is 1. The molecule has 0 saturated carbocycles. The van der Waals surface area contributed by atoms with Gasteiger partial charge in [0.05, 0.1) is 16.9 Å². The summed E-state index contributed by atoms with van der Waals surface area (Å²) in [5, 5.41) is 3.31. The van der Waals surface area contributed by atoms with E-state index >= 15 is 0 Å². The van der Waals surface area contributed by atoms with E-state index in [0.717, 1.165) is 12.2 Å². The SMILES string of the molecule is CC(C)C(C)CNc1cc2[nH]c(=O)oc2cc1N. The maximum absolute atomic E-state index is 11.1. The van der Waals surface area contributed by atoms with E-state index in [9.17, 15) is 4.79 Å². The number of nitrogens with one attached hydrogen (secondary N) is 2. The molecule has 2 rings (SSSR count). The molecule has 1 aromatic heterocycles. The molecule has 0 fully saturated rings. The number of rotatable bonds is 4. The highest BCUT2D eigenvalue weighted by molar-refractivity contribution is 5.85. The average Bonchev–Trinajstić information content (AvgIpc) is 2.64. The van der Waals surface area contributed by atoms with Crippen molar-refractivity contribution < 1.29 is 4.42 Å². The third-order valence-electron chi connectivity index (χ3n) is 3.34. The molecule has 98 valence electrons. The van der Waals surface area contributed by atoms with Crippen LogP contribution in [0.25, 0.3) is 11.1 Å². The summed E-state index contributed by atoms with van der Waals surface area (Å²) >= 11 is 0. The summed E-state index contributed by atoms with van der Waals surface area (Å²) in [7, 11) is 0. The molecule has 0 bridgehead atoms. The fourth-order valence-corrected chi connectivity index (χ4v) is 1.67. The third-order valence-corrected chi connectivity index (χ3v) is 3.34. The van der Waals surface area contributed by atoms with Crippen molar-refractivity contribution in [2.24, 2.45) is 11.8 Å². The lowest BCUT2D eigenvalue weighted by molar-refractivity contribution is 0.440. The highest BCUT2D eigenvalue weighted by atomic mass is 16.4. The molecule has 1 aromatic carbocycles. The second-order valence-corrected chi connectivity index (χ2v) is 5.05. The van der Waals surface area contributed by atoms with E-state index in [4.69, 9.17) is 10.2 Å². The van der Waals surface area contributed by atoms with E-state index in [2.05, 4.69) is 31.1 Å². The Morgan fingerprint density at radius 3 is 2.78 bits per heavy atom. The van der Waals surface area contributed by atoms with Crippen LogP contribution in [0, 0.1) is 11.8 Å². The van der Waals surface area contributed by atoms with Gasteiger partial charge in [-0.15, -0.1) is 0 Å². The Kier molecular flexibility index (Phi) is 3.32. The summed E-state index contributed by atoms with van der Waals surface area (Å²) < 4.78 is 4.95. The molecule has 1 heterocycles. The number of aromatic amines is 1. The fraction of sp³-hybridized carbons (Fsp3) is 0.462. The maximum Gasteiger partial charge on any atom is 0.417 e. The minimum atomic E-state index is -0.461. The summed E-state index contributed by atoms with van der Waals surface area (Å²) in [6.45, 7) is 7.40. The topological polar surface area (TPSA) is 84.0 Å². The summed E-state index contributed by atoms with van der Waals surface area (Å²) in [4.78, 5) is 13.7. The van der Waals surface area contributed by atoms with E-state index in [1.807, 2.05) is 6.07 Å². The Hall–Kier alpha value is -1.91. The third kappa shape index (κ3) is 2.50. The lowest BCUT2D eigenvalue weighted by atomic mass is 9.98. The summed E-state index contributed by atoms with van der Waals surface area (Å²) in [5.74, 6) is 0.691. The van der Waals surface area contributed by atoms with Gasteiger partial charge in [0.2, 0.25) is 0 Å². The molecule has 0 amide bonds. The van der Waals surface area contributed by atoms with Gasteiger partial charge in [-0.2, -0.15) is 0 Å². The lowest BCUT2D eigenvalue weighted by Crippen LogP contribution is -2.16. The zero-order valence-electron chi connectivity index (χ0n) is 10.9. The van der Waals surface area contributed by atoms with Crippen LogP contribution in [-0.2, 0) is 0 Å². The Bertz CT molecular complexity index is 598. The molecule has 1 atom stereocenters. The van der Waals surface area contributed by atoms with Crippen LogP contribution < -0.4 is 16.8 Å². The molecule has 1 unspecified atom stereocenters. The van der Waals surface area contributed by atoms with Crippen LogP contribution >= 0.6 is 0 Å². The molecular formula is C13H19N3O2. The predicted molar refractivity (Wildman–Crippen MR) is 73.7 cm³/mol. The van der Waals surface area contributed by atoms with E-state index in [0.29, 0.717) is 28.6 Å². The van der Waals surface area contributed by atoms with Crippen LogP contribution in [0.5, 0.6) is 0 Å². The quantitative estimate of drug-likeness (QED) is 0.726. The molecule has 0 saturated heterocycles. The van der Waals surface area contributed by atoms with Crippen molar-refractivity contribution >= 4 is 22.5 Å². The van der Waals surface area contributed by atoms with Crippen LogP contribution in [0.15, 0.2) is 21.3 Å². The Labute approximate surface area is 105 Å². The molecule has 5 heteroatoms. The molecule has 18 heavy (non-hydrogen) atoms. The molecule has 0 spiro atoms. The van der Waals surface area contributed by atoms with Crippen molar-refractivity contribution in [2.45, 2.75) is 20.8 Å². The zero-order valence-corrected chi connectivity index (χ0v) is 10.9. The van der Waals surface area contributed by atoms with Crippen molar-refractivity contribution in [3.63, 3.8) is 0 Å². The van der Waals surface area contributed by atoms with Crippen molar-refractivity contribution in [2.75, 3.05) is 17.6 Å². The van der Waals surface area contributed by atoms with Crippen LogP contribution in [0.1, 0.15) is 20.8 Å². The molecule has 2 aromatic rings. The molecule has 0 aliphatic heterocycles. The smallest absolute Gasteiger partial charge is 0.408 e. The minimum Gasteiger partial charge on any atom is -0.408 e. The van der Waals surface area contributed by atoms with Gasteiger partial charge in [0.25, 0.3) is 0 Å². The first-order valence-corrected chi connectivity index (χ1v) is 6.13. The monoisotopic (exact) mass is 249 g/mol. The minimum absolute atomic E-state index is 0.461. The number of hydrogen-bond acceptors (Lipinski definition) is 4. The average molecular weight is 249 g/mol. The summed E-state index contributed by atoms with van der Waals surface area (Å²) in [6.07, 6.45) is 0. The summed E-state index contributed by atoms with van der Waals surface area (Å²) in [5.41, 5.74) is 8.48. The maximum atomic E-state index is 11.1. The molecule has 5 nitrogen and oxygen atoms in total. The van der Waals surface area contributed by atoms with Gasteiger partial charge in [-0.25, -0.2) is 4.79 Å². The van der Waals surface area contributed by atoms with Crippen LogP contribution in [0.2, 0.25) is 0 Å². The van der Waals surface area contributed by atoms with Crippen molar-refractivity contribution in [1.82, 2.24) is 4.98 Å². The van der Waals surface area contributed by atoms with Gasteiger partial charge in [0.1, 0.15) is 0 Å². The van der Waals surface area contributed by atoms with Crippen molar-refractivity contribution in [3.8, 4) is 0 Å². The van der Waals surface area contributed by atoms with Crippen molar-refractivity contribution in [1.29, 1.82) is 0 Å². The molecule has 0 aliphatic rings. The predicted octanol–water partition coefficient (Wildman–Crippen LogP) is 2.41. The van der Waals surface area contributed by atoms with Gasteiger partial charge in [-0.3, -0.25) is 4.98 Å². The van der Waals surface area contributed by atoms with E-state index < -0.39 is 5.76 Å². The van der Waals surface area contributed by atoms with Crippen molar-refractivity contribution in [3.05, 3.63) is 22.7 Å². The first-order valence-electron chi connectivity index (χ1n) is 6.13. The van der Waals surface area contributed by atoms with Crippen LogP contribution in [-0.4, -0.2) is 11.5 Å². The number of aromatic nitrogens is 1. The van der Waals surface area contributed by atoms with Crippen LogP contribution in [0.3, 0.4) is 0 Å². The van der Waals surface area contributed by atoms with Gasteiger partial charge in [-0.1, -0.05) is 20.8 Å². The molecule has 0 radical (unpaired) electrons. The first-order chi connectivity index (χ1) is 8.47. The number of benzene rings is 1. The van der Waals surface area contributed by atoms with Gasteiger partial charge < -0.3 is 15.5 Å². The molecule has 0 aliphatic carbocycles. The largest absolute Gasteiger partial charge is 0.417 e. The summed E-state index contributed by atoms with van der Waals surface area (Å²) in [6, 6.07) is 3.47. The second-order valence-electron chi connectivity index (χ2n) is 5.05. The number of anilines is 2. The highest BCUT2D eigenvalue weighted by Crippen LogP contribution is 2.25. The Morgan fingerprint density at radius 1 is 1.39 bits per heavy atom. The number of H-pyrrole nitrogens is 1. The first kappa shape index (κ1) is 12.5. The normalized spacial score (nSPS) is 13.1. The standard InChI is InChI=1S/C13H19N3O2/c1-7(2)8(3)6-15-10-5-11-12(4-9(10)14)18-13(17)16-11/h4-5,7-8,15H,6,14H2,1-3H3,(H,16,17). The number of nitrogen functional groups attached to an aromatic ring is 1. The Morgan fingerprint density at radius 2 is 2.11 bits per heavy atom. The van der Waals surface area contributed by atoms with E-state index in [1.54, 1.807) is 6.07 Å². The highest BCUT2D eigenvalue weighted by Gasteiger charge is 2.10. The number of oxazole rings is 1. The number of nitrogens with two attached hydrogens (primary N) is 1. The molecule has 4 N–H and O–H groups in total. The lowest BCUT2D eigenvalue weighted by Gasteiger charge is -2.17.